The number of carboxylic acids is 1. The van der Waals surface area contributed by atoms with Gasteiger partial charge in [-0.05, 0) is 18.1 Å². The molecule has 0 radical (unpaired) electrons. The number of aryl methyl sites for hydroxylation is 1. The van der Waals surface area contributed by atoms with Gasteiger partial charge in [0, 0.05) is 16.5 Å². The maximum atomic E-state index is 11.2. The van der Waals surface area contributed by atoms with Crippen LogP contribution in [0, 0.1) is 6.92 Å². The number of hydrogen-bond acceptors (Lipinski definition) is 3. The van der Waals surface area contributed by atoms with Crippen LogP contribution in [0.5, 0.6) is 5.75 Å². The van der Waals surface area contributed by atoms with Crippen LogP contribution < -0.4 is 34.7 Å². The van der Waals surface area contributed by atoms with Crippen molar-refractivity contribution in [1.29, 1.82) is 0 Å². The number of rotatable bonds is 3. The third kappa shape index (κ3) is 3.70. The molecule has 0 saturated carbocycles. The summed E-state index contributed by atoms with van der Waals surface area (Å²) in [6.45, 7) is 5.54. The number of aromatic carboxylic acids is 1. The fourth-order valence-corrected chi connectivity index (χ4v) is 2.46. The molecule has 0 unspecified atom stereocenters. The predicted octanol–water partition coefficient (Wildman–Crippen LogP) is -1.43. The van der Waals surface area contributed by atoms with E-state index >= 15 is 0 Å². The smallest absolute Gasteiger partial charge is 0.545 e. The topological polar surface area (TPSA) is 91.9 Å². The summed E-state index contributed by atoms with van der Waals surface area (Å²) in [5.74, 6) is -1.57. The number of benzene rings is 2. The van der Waals surface area contributed by atoms with Crippen LogP contribution >= 0.6 is 0 Å². The molecule has 2 rings (SSSR count). The quantitative estimate of drug-likeness (QED) is 0.705. The average molecular weight is 310 g/mol. The van der Waals surface area contributed by atoms with E-state index in [4.69, 9.17) is 0 Å². The zero-order chi connectivity index (χ0) is 14.9. The van der Waals surface area contributed by atoms with Gasteiger partial charge in [0.15, 0.2) is 0 Å². The van der Waals surface area contributed by atoms with Crippen molar-refractivity contribution in [3.63, 3.8) is 0 Å². The van der Waals surface area contributed by atoms with Gasteiger partial charge in [-0.1, -0.05) is 56.3 Å². The van der Waals surface area contributed by atoms with Crippen molar-refractivity contribution in [2.24, 2.45) is 0 Å². The largest absolute Gasteiger partial charge is 1.00 e. The third-order valence-electron chi connectivity index (χ3n) is 3.76. The number of carbonyl (C=O) groups is 1. The van der Waals surface area contributed by atoms with Crippen LogP contribution in [0.1, 0.15) is 40.9 Å². The van der Waals surface area contributed by atoms with E-state index in [1.165, 1.54) is 0 Å². The number of hydrogen-bond donors (Lipinski definition) is 1. The van der Waals surface area contributed by atoms with E-state index < -0.39 is 11.4 Å². The minimum Gasteiger partial charge on any atom is -0.545 e. The zero-order valence-electron chi connectivity index (χ0n) is 13.3. The van der Waals surface area contributed by atoms with E-state index in [9.17, 15) is 15.0 Å². The van der Waals surface area contributed by atoms with Crippen molar-refractivity contribution in [1.82, 2.24) is 0 Å². The molecule has 0 aliphatic carbocycles. The van der Waals surface area contributed by atoms with Crippen LogP contribution in [-0.4, -0.2) is 16.6 Å². The maximum Gasteiger partial charge on any atom is 1.00 e. The molecule has 0 aliphatic heterocycles. The van der Waals surface area contributed by atoms with Gasteiger partial charge in [0.1, 0.15) is 5.75 Å². The second-order valence-corrected chi connectivity index (χ2v) is 5.43. The molecule has 0 fully saturated rings. The van der Waals surface area contributed by atoms with Gasteiger partial charge in [0.2, 0.25) is 0 Å². The summed E-state index contributed by atoms with van der Waals surface area (Å²) in [6, 6.07) is 13.1. The predicted molar refractivity (Wildman–Crippen MR) is 79.4 cm³/mol. The van der Waals surface area contributed by atoms with E-state index in [0.717, 1.165) is 5.56 Å². The second-order valence-electron chi connectivity index (χ2n) is 5.43. The van der Waals surface area contributed by atoms with E-state index in [-0.39, 0.29) is 46.3 Å². The summed E-state index contributed by atoms with van der Waals surface area (Å²) in [7, 11) is 0. The molecule has 0 atom stereocenters. The fourth-order valence-electron chi connectivity index (χ4n) is 2.46. The third-order valence-corrected chi connectivity index (χ3v) is 3.76. The standard InChI is InChI=1S/C17H18O3.Na.H2O/c1-11-9-10-13(15(18)14(11)16(19)20)17(2,3)12-7-5-4-6-8-12;;/h4-10,18H,1-3H3,(H,19,20);;1H2/q;+1;/p-1. The van der Waals surface area contributed by atoms with Gasteiger partial charge in [0.25, 0.3) is 0 Å². The van der Waals surface area contributed by atoms with Gasteiger partial charge in [0.05, 0.1) is 5.97 Å². The Hall–Kier alpha value is -1.33. The van der Waals surface area contributed by atoms with Crippen molar-refractivity contribution in [2.75, 3.05) is 0 Å². The Bertz CT molecular complexity index is 651. The Balaban J connectivity index is 0.00000220. The molecule has 5 heteroatoms. The first-order valence-electron chi connectivity index (χ1n) is 6.45. The summed E-state index contributed by atoms with van der Waals surface area (Å²) in [4.78, 5) is 11.2. The number of phenols is 1. The molecule has 112 valence electrons. The minimum absolute atomic E-state index is 0. The van der Waals surface area contributed by atoms with Crippen LogP contribution in [0.25, 0.3) is 0 Å². The van der Waals surface area contributed by atoms with Crippen LogP contribution in [0.4, 0.5) is 0 Å². The normalized spacial score (nSPS) is 10.3. The molecule has 0 saturated heterocycles. The fraction of sp³-hybridized carbons (Fsp3) is 0.235. The van der Waals surface area contributed by atoms with Gasteiger partial charge in [-0.3, -0.25) is 0 Å². The molecule has 2 aromatic rings. The van der Waals surface area contributed by atoms with Crippen LogP contribution in [0.15, 0.2) is 42.5 Å². The van der Waals surface area contributed by atoms with Crippen molar-refractivity contribution in [3.8, 4) is 5.75 Å². The molecule has 0 amide bonds. The molecule has 0 heterocycles. The number of aromatic hydroxyl groups is 1. The van der Waals surface area contributed by atoms with Crippen LogP contribution in [-0.2, 0) is 5.41 Å². The van der Waals surface area contributed by atoms with Crippen molar-refractivity contribution < 1.29 is 50.0 Å². The molecule has 0 aliphatic rings. The first-order chi connectivity index (χ1) is 9.35. The van der Waals surface area contributed by atoms with Gasteiger partial charge in [-0.15, -0.1) is 0 Å². The summed E-state index contributed by atoms with van der Waals surface area (Å²) in [5.41, 5.74) is 1.45. The first-order valence-corrected chi connectivity index (χ1v) is 6.45. The molecule has 22 heavy (non-hydrogen) atoms. The summed E-state index contributed by atoms with van der Waals surface area (Å²) in [6.07, 6.45) is 0. The Morgan fingerprint density at radius 1 is 1.09 bits per heavy atom. The number of carboxylic acid groups (broad SMARTS) is 1. The SMILES string of the molecule is Cc1ccc(C(C)(C)c2ccccc2)c(O)c1C(=O)[O-].O.[Na+]. The minimum atomic E-state index is -1.36. The first kappa shape index (κ1) is 20.7. The van der Waals surface area contributed by atoms with Crippen molar-refractivity contribution >= 4 is 5.97 Å². The Kier molecular flexibility index (Phi) is 7.32. The molecular formula is C17H19NaO4. The van der Waals surface area contributed by atoms with Gasteiger partial charge >= 0.3 is 29.6 Å². The molecule has 0 spiro atoms. The molecule has 0 bridgehead atoms. The zero-order valence-corrected chi connectivity index (χ0v) is 15.3. The molecular weight excluding hydrogens is 291 g/mol. The maximum absolute atomic E-state index is 11.2. The van der Waals surface area contributed by atoms with Crippen LogP contribution in [0.2, 0.25) is 0 Å². The summed E-state index contributed by atoms with van der Waals surface area (Å²) in [5, 5.41) is 21.5. The van der Waals surface area contributed by atoms with Gasteiger partial charge < -0.3 is 20.5 Å². The van der Waals surface area contributed by atoms with Gasteiger partial charge in [-0.25, -0.2) is 0 Å². The summed E-state index contributed by atoms with van der Waals surface area (Å²) < 4.78 is 0. The number of carbonyl (C=O) groups excluding carboxylic acids is 1. The second kappa shape index (κ2) is 7.79. The molecule has 0 aromatic heterocycles. The van der Waals surface area contributed by atoms with Crippen LogP contribution in [0.3, 0.4) is 0 Å². The van der Waals surface area contributed by atoms with E-state index in [1.807, 2.05) is 44.2 Å². The van der Waals surface area contributed by atoms with Gasteiger partial charge in [-0.2, -0.15) is 0 Å². The van der Waals surface area contributed by atoms with E-state index in [0.29, 0.717) is 11.1 Å². The van der Waals surface area contributed by atoms with Crippen molar-refractivity contribution in [2.45, 2.75) is 26.2 Å². The molecule has 2 aromatic carbocycles. The van der Waals surface area contributed by atoms with E-state index in [1.54, 1.807) is 19.1 Å². The van der Waals surface area contributed by atoms with Crippen molar-refractivity contribution in [3.05, 3.63) is 64.7 Å². The Labute approximate surface area is 152 Å². The summed E-state index contributed by atoms with van der Waals surface area (Å²) >= 11 is 0. The molecule has 4 nitrogen and oxygen atoms in total. The van der Waals surface area contributed by atoms with E-state index in [2.05, 4.69) is 0 Å². The average Bonchev–Trinajstić information content (AvgIpc) is 2.39. The molecule has 3 N–H and O–H groups in total. The monoisotopic (exact) mass is 310 g/mol. The Morgan fingerprint density at radius 2 is 1.64 bits per heavy atom. The Morgan fingerprint density at radius 3 is 2.14 bits per heavy atom.